The van der Waals surface area contributed by atoms with Gasteiger partial charge in [0.05, 0.1) is 0 Å². The minimum absolute atomic E-state index is 0.0361. The zero-order valence-corrected chi connectivity index (χ0v) is 14.7. The molecule has 0 amide bonds. The molecule has 2 heteroatoms. The number of hydrogen-bond acceptors (Lipinski definition) is 2. The van der Waals surface area contributed by atoms with E-state index in [2.05, 4.69) is 88.6 Å². The number of aryl methyl sites for hydroxylation is 4. The van der Waals surface area contributed by atoms with Gasteiger partial charge in [0.25, 0.3) is 0 Å². The van der Waals surface area contributed by atoms with E-state index < -0.39 is 0 Å². The van der Waals surface area contributed by atoms with Crippen LogP contribution in [-0.2, 0) is 0 Å². The second-order valence-corrected chi connectivity index (χ2v) is 6.90. The minimum atomic E-state index is -0.0361. The summed E-state index contributed by atoms with van der Waals surface area (Å²) < 4.78 is 0. The van der Waals surface area contributed by atoms with E-state index in [9.17, 15) is 0 Å². The quantitative estimate of drug-likeness (QED) is 0.790. The molecule has 118 valence electrons. The third kappa shape index (κ3) is 3.82. The molecule has 2 N–H and O–H groups in total. The second kappa shape index (κ2) is 6.43. The van der Waals surface area contributed by atoms with Crippen LogP contribution in [0.15, 0.2) is 36.4 Å². The van der Waals surface area contributed by atoms with E-state index in [1.54, 1.807) is 0 Å². The molecule has 0 aliphatic carbocycles. The molecule has 0 aliphatic heterocycles. The number of nitrogens with one attached hydrogen (secondary N) is 2. The number of para-hydroxylation sites is 2. The van der Waals surface area contributed by atoms with Crippen LogP contribution in [0.4, 0.5) is 11.4 Å². The van der Waals surface area contributed by atoms with E-state index in [0.29, 0.717) is 0 Å². The van der Waals surface area contributed by atoms with Gasteiger partial charge in [0.15, 0.2) is 0 Å². The first kappa shape index (κ1) is 16.4. The highest BCUT2D eigenvalue weighted by molar-refractivity contribution is 5.60. The summed E-state index contributed by atoms with van der Waals surface area (Å²) in [6, 6.07) is 12.8. The molecule has 0 spiro atoms. The normalized spacial score (nSPS) is 11.4. The maximum atomic E-state index is 3.70. The molecule has 22 heavy (non-hydrogen) atoms. The fourth-order valence-electron chi connectivity index (χ4n) is 2.80. The number of benzene rings is 2. The summed E-state index contributed by atoms with van der Waals surface area (Å²) in [4.78, 5) is 0. The molecule has 0 heterocycles. The molecule has 0 bridgehead atoms. The van der Waals surface area contributed by atoms with Gasteiger partial charge in [0.2, 0.25) is 0 Å². The largest absolute Gasteiger partial charge is 0.382 e. The van der Waals surface area contributed by atoms with Gasteiger partial charge >= 0.3 is 0 Å². The fourth-order valence-corrected chi connectivity index (χ4v) is 2.80. The van der Waals surface area contributed by atoms with Crippen LogP contribution in [0.2, 0.25) is 0 Å². The van der Waals surface area contributed by atoms with Gasteiger partial charge in [-0.1, -0.05) is 36.4 Å². The van der Waals surface area contributed by atoms with Crippen molar-refractivity contribution in [3.05, 3.63) is 58.7 Å². The molecule has 2 aromatic rings. The van der Waals surface area contributed by atoms with E-state index >= 15 is 0 Å². The zero-order valence-electron chi connectivity index (χ0n) is 14.7. The topological polar surface area (TPSA) is 24.1 Å². The lowest BCUT2D eigenvalue weighted by Gasteiger charge is -2.31. The number of rotatable bonds is 5. The standard InChI is InChI=1S/C20H28N2/c1-14-9-7-10-15(2)18(14)21-13-20(5,6)22-19-16(3)11-8-12-17(19)4/h7-12,21-22H,13H2,1-6H3. The Labute approximate surface area is 135 Å². The summed E-state index contributed by atoms with van der Waals surface area (Å²) in [5, 5.41) is 7.32. The molecule has 0 saturated carbocycles. The average molecular weight is 296 g/mol. The summed E-state index contributed by atoms with van der Waals surface area (Å²) in [7, 11) is 0. The maximum Gasteiger partial charge on any atom is 0.0489 e. The van der Waals surface area contributed by atoms with Crippen molar-refractivity contribution in [3.63, 3.8) is 0 Å². The van der Waals surface area contributed by atoms with Crippen molar-refractivity contribution < 1.29 is 0 Å². The van der Waals surface area contributed by atoms with E-state index in [1.165, 1.54) is 33.6 Å². The smallest absolute Gasteiger partial charge is 0.0489 e. The minimum Gasteiger partial charge on any atom is -0.382 e. The molecule has 0 atom stereocenters. The summed E-state index contributed by atoms with van der Waals surface area (Å²) in [6.07, 6.45) is 0. The van der Waals surface area contributed by atoms with E-state index in [0.717, 1.165) is 6.54 Å². The van der Waals surface area contributed by atoms with Crippen molar-refractivity contribution >= 4 is 11.4 Å². The van der Waals surface area contributed by atoms with Crippen LogP contribution in [0.25, 0.3) is 0 Å². The van der Waals surface area contributed by atoms with Gasteiger partial charge in [0, 0.05) is 23.5 Å². The third-order valence-electron chi connectivity index (χ3n) is 4.13. The maximum absolute atomic E-state index is 3.70. The molecule has 0 fully saturated rings. The Morgan fingerprint density at radius 2 is 1.14 bits per heavy atom. The number of anilines is 2. The van der Waals surface area contributed by atoms with Gasteiger partial charge < -0.3 is 10.6 Å². The first-order valence-electron chi connectivity index (χ1n) is 7.95. The average Bonchev–Trinajstić information content (AvgIpc) is 2.42. The first-order chi connectivity index (χ1) is 10.3. The summed E-state index contributed by atoms with van der Waals surface area (Å²) in [5.41, 5.74) is 7.63. The Hall–Kier alpha value is -1.96. The van der Waals surface area contributed by atoms with Gasteiger partial charge in [-0.05, 0) is 63.8 Å². The van der Waals surface area contributed by atoms with Gasteiger partial charge in [-0.3, -0.25) is 0 Å². The van der Waals surface area contributed by atoms with Crippen molar-refractivity contribution in [1.82, 2.24) is 0 Å². The zero-order chi connectivity index (χ0) is 16.3. The molecule has 0 saturated heterocycles. The van der Waals surface area contributed by atoms with Crippen LogP contribution in [0.5, 0.6) is 0 Å². The van der Waals surface area contributed by atoms with E-state index in [-0.39, 0.29) is 5.54 Å². The Kier molecular flexibility index (Phi) is 4.80. The molecular weight excluding hydrogens is 268 g/mol. The lowest BCUT2D eigenvalue weighted by molar-refractivity contribution is 0.597. The Bertz CT molecular complexity index is 616. The van der Waals surface area contributed by atoms with Crippen LogP contribution in [-0.4, -0.2) is 12.1 Å². The molecule has 0 unspecified atom stereocenters. The fraction of sp³-hybridized carbons (Fsp3) is 0.400. The third-order valence-corrected chi connectivity index (χ3v) is 4.13. The van der Waals surface area contributed by atoms with Gasteiger partial charge in [-0.15, -0.1) is 0 Å². The predicted molar refractivity (Wildman–Crippen MR) is 98.0 cm³/mol. The monoisotopic (exact) mass is 296 g/mol. The van der Waals surface area contributed by atoms with Gasteiger partial charge in [-0.2, -0.15) is 0 Å². The molecule has 0 aromatic heterocycles. The summed E-state index contributed by atoms with van der Waals surface area (Å²) in [5.74, 6) is 0. The molecule has 0 radical (unpaired) electrons. The SMILES string of the molecule is Cc1cccc(C)c1NCC(C)(C)Nc1c(C)cccc1C. The van der Waals surface area contributed by atoms with Gasteiger partial charge in [-0.25, -0.2) is 0 Å². The lowest BCUT2D eigenvalue weighted by Crippen LogP contribution is -2.39. The van der Waals surface area contributed by atoms with Crippen molar-refractivity contribution in [1.29, 1.82) is 0 Å². The van der Waals surface area contributed by atoms with Crippen molar-refractivity contribution in [2.24, 2.45) is 0 Å². The van der Waals surface area contributed by atoms with Crippen LogP contribution >= 0.6 is 0 Å². The van der Waals surface area contributed by atoms with Crippen LogP contribution in [0.1, 0.15) is 36.1 Å². The lowest BCUT2D eigenvalue weighted by atomic mass is 10.0. The number of hydrogen-bond donors (Lipinski definition) is 2. The van der Waals surface area contributed by atoms with E-state index in [1.807, 2.05) is 0 Å². The van der Waals surface area contributed by atoms with Crippen LogP contribution < -0.4 is 10.6 Å². The molecule has 2 nitrogen and oxygen atoms in total. The molecular formula is C20H28N2. The highest BCUT2D eigenvalue weighted by atomic mass is 15.0. The second-order valence-electron chi connectivity index (χ2n) is 6.90. The Morgan fingerprint density at radius 3 is 1.59 bits per heavy atom. The van der Waals surface area contributed by atoms with Crippen molar-refractivity contribution in [2.45, 2.75) is 47.1 Å². The Morgan fingerprint density at radius 1 is 0.727 bits per heavy atom. The van der Waals surface area contributed by atoms with Gasteiger partial charge in [0.1, 0.15) is 0 Å². The molecule has 2 rings (SSSR count). The highest BCUT2D eigenvalue weighted by Crippen LogP contribution is 2.25. The van der Waals surface area contributed by atoms with E-state index in [4.69, 9.17) is 0 Å². The predicted octanol–water partition coefficient (Wildman–Crippen LogP) is 5.22. The van der Waals surface area contributed by atoms with Crippen molar-refractivity contribution in [2.75, 3.05) is 17.2 Å². The van der Waals surface area contributed by atoms with Crippen LogP contribution in [0.3, 0.4) is 0 Å². The summed E-state index contributed by atoms with van der Waals surface area (Å²) in [6.45, 7) is 14.0. The molecule has 0 aliphatic rings. The molecule has 2 aromatic carbocycles. The highest BCUT2D eigenvalue weighted by Gasteiger charge is 2.19. The Balaban J connectivity index is 2.12. The summed E-state index contributed by atoms with van der Waals surface area (Å²) >= 11 is 0. The van der Waals surface area contributed by atoms with Crippen molar-refractivity contribution in [3.8, 4) is 0 Å². The first-order valence-corrected chi connectivity index (χ1v) is 7.95. The van der Waals surface area contributed by atoms with Crippen LogP contribution in [0, 0.1) is 27.7 Å².